The first-order valence-electron chi connectivity index (χ1n) is 4.10. The minimum Gasteiger partial charge on any atom is -0.396 e. The van der Waals surface area contributed by atoms with Crippen LogP contribution in [0.4, 0.5) is 10.1 Å². The number of rotatable bonds is 0. The number of anilines is 1. The molecule has 14 heavy (non-hydrogen) atoms. The lowest BCUT2D eigenvalue weighted by molar-refractivity contribution is 0.639. The SMILES string of the molecule is Cc1ccc(F)c2cc(N)c(Cl)nc12. The summed E-state index contributed by atoms with van der Waals surface area (Å²) in [6.45, 7) is 1.85. The maximum atomic E-state index is 13.3. The first-order valence-corrected chi connectivity index (χ1v) is 4.48. The van der Waals surface area contributed by atoms with Gasteiger partial charge in [-0.3, -0.25) is 0 Å². The normalized spacial score (nSPS) is 10.8. The highest BCUT2D eigenvalue weighted by Crippen LogP contribution is 2.26. The van der Waals surface area contributed by atoms with Crippen LogP contribution in [-0.2, 0) is 0 Å². The highest BCUT2D eigenvalue weighted by molar-refractivity contribution is 6.32. The predicted octanol–water partition coefficient (Wildman–Crippen LogP) is 2.92. The fraction of sp³-hybridized carbons (Fsp3) is 0.100. The van der Waals surface area contributed by atoms with Crippen LogP contribution in [-0.4, -0.2) is 4.98 Å². The molecule has 0 saturated carbocycles. The van der Waals surface area contributed by atoms with Crippen molar-refractivity contribution >= 4 is 28.2 Å². The number of pyridine rings is 1. The minimum atomic E-state index is -0.332. The number of nitrogens with zero attached hydrogens (tertiary/aromatic N) is 1. The third kappa shape index (κ3) is 1.30. The zero-order chi connectivity index (χ0) is 10.3. The van der Waals surface area contributed by atoms with Crippen molar-refractivity contribution in [3.05, 3.63) is 34.7 Å². The third-order valence-corrected chi connectivity index (χ3v) is 2.42. The average molecular weight is 211 g/mol. The Hall–Kier alpha value is -1.35. The summed E-state index contributed by atoms with van der Waals surface area (Å²) < 4.78 is 13.3. The van der Waals surface area contributed by atoms with Crippen LogP contribution in [0.5, 0.6) is 0 Å². The van der Waals surface area contributed by atoms with E-state index >= 15 is 0 Å². The second-order valence-corrected chi connectivity index (χ2v) is 3.49. The van der Waals surface area contributed by atoms with Crippen LogP contribution in [0.2, 0.25) is 5.15 Å². The van der Waals surface area contributed by atoms with Gasteiger partial charge in [-0.25, -0.2) is 9.37 Å². The van der Waals surface area contributed by atoms with Crippen molar-refractivity contribution in [2.24, 2.45) is 0 Å². The molecule has 72 valence electrons. The van der Waals surface area contributed by atoms with Gasteiger partial charge >= 0.3 is 0 Å². The number of halogens is 2. The Balaban J connectivity index is 2.94. The number of fused-ring (bicyclic) bond motifs is 1. The lowest BCUT2D eigenvalue weighted by Crippen LogP contribution is -1.93. The highest BCUT2D eigenvalue weighted by atomic mass is 35.5. The molecule has 0 spiro atoms. The Kier molecular flexibility index (Phi) is 2.04. The molecule has 0 radical (unpaired) electrons. The van der Waals surface area contributed by atoms with Crippen molar-refractivity contribution in [3.8, 4) is 0 Å². The van der Waals surface area contributed by atoms with Crippen molar-refractivity contribution in [2.75, 3.05) is 5.73 Å². The monoisotopic (exact) mass is 210 g/mol. The van der Waals surface area contributed by atoms with Crippen LogP contribution < -0.4 is 5.73 Å². The molecule has 1 aromatic heterocycles. The van der Waals surface area contributed by atoms with Gasteiger partial charge in [0.15, 0.2) is 5.15 Å². The quantitative estimate of drug-likeness (QED) is 0.679. The Morgan fingerprint density at radius 3 is 2.86 bits per heavy atom. The zero-order valence-corrected chi connectivity index (χ0v) is 8.27. The van der Waals surface area contributed by atoms with E-state index in [4.69, 9.17) is 17.3 Å². The van der Waals surface area contributed by atoms with E-state index in [1.807, 2.05) is 6.92 Å². The van der Waals surface area contributed by atoms with Crippen LogP contribution in [0.1, 0.15) is 5.56 Å². The molecule has 0 aliphatic rings. The van der Waals surface area contributed by atoms with E-state index in [0.717, 1.165) is 5.56 Å². The summed E-state index contributed by atoms with van der Waals surface area (Å²) in [7, 11) is 0. The summed E-state index contributed by atoms with van der Waals surface area (Å²) in [6.07, 6.45) is 0. The van der Waals surface area contributed by atoms with Gasteiger partial charge in [-0.2, -0.15) is 0 Å². The van der Waals surface area contributed by atoms with E-state index in [1.54, 1.807) is 6.07 Å². The lowest BCUT2D eigenvalue weighted by atomic mass is 10.1. The Morgan fingerprint density at radius 1 is 1.43 bits per heavy atom. The third-order valence-electron chi connectivity index (χ3n) is 2.11. The van der Waals surface area contributed by atoms with E-state index in [9.17, 15) is 4.39 Å². The largest absolute Gasteiger partial charge is 0.396 e. The molecule has 0 aliphatic heterocycles. The van der Waals surface area contributed by atoms with Crippen LogP contribution in [0.3, 0.4) is 0 Å². The topological polar surface area (TPSA) is 38.9 Å². The van der Waals surface area contributed by atoms with Gasteiger partial charge in [0.05, 0.1) is 11.2 Å². The Bertz CT molecular complexity index is 464. The number of hydrogen-bond donors (Lipinski definition) is 1. The molecule has 2 nitrogen and oxygen atoms in total. The van der Waals surface area contributed by atoms with Crippen molar-refractivity contribution < 1.29 is 4.39 Å². The molecule has 0 unspecified atom stereocenters. The van der Waals surface area contributed by atoms with Gasteiger partial charge in [-0.05, 0) is 24.6 Å². The standard InChI is InChI=1S/C10H8ClFN2/c1-5-2-3-7(12)6-4-8(13)10(11)14-9(5)6/h2-4H,13H2,1H3. The van der Waals surface area contributed by atoms with Crippen molar-refractivity contribution in [1.29, 1.82) is 0 Å². The van der Waals surface area contributed by atoms with Gasteiger partial charge in [0.1, 0.15) is 5.82 Å². The van der Waals surface area contributed by atoms with Crippen molar-refractivity contribution in [3.63, 3.8) is 0 Å². The first-order chi connectivity index (χ1) is 6.59. The van der Waals surface area contributed by atoms with Crippen molar-refractivity contribution in [1.82, 2.24) is 4.98 Å². The van der Waals surface area contributed by atoms with Crippen LogP contribution >= 0.6 is 11.6 Å². The van der Waals surface area contributed by atoms with E-state index in [2.05, 4.69) is 4.98 Å². The number of hydrogen-bond acceptors (Lipinski definition) is 2. The zero-order valence-electron chi connectivity index (χ0n) is 7.51. The van der Waals surface area contributed by atoms with E-state index in [-0.39, 0.29) is 11.0 Å². The second kappa shape index (κ2) is 3.10. The highest BCUT2D eigenvalue weighted by Gasteiger charge is 2.07. The van der Waals surface area contributed by atoms with Gasteiger partial charge in [-0.1, -0.05) is 17.7 Å². The summed E-state index contributed by atoms with van der Waals surface area (Å²) >= 11 is 5.75. The average Bonchev–Trinajstić information content (AvgIpc) is 2.15. The summed E-state index contributed by atoms with van der Waals surface area (Å²) in [4.78, 5) is 4.04. The number of benzene rings is 1. The van der Waals surface area contributed by atoms with Gasteiger partial charge < -0.3 is 5.73 Å². The van der Waals surface area contributed by atoms with Gasteiger partial charge in [0, 0.05) is 5.39 Å². The number of nitrogens with two attached hydrogens (primary N) is 1. The lowest BCUT2D eigenvalue weighted by Gasteiger charge is -2.04. The van der Waals surface area contributed by atoms with Crippen LogP contribution in [0, 0.1) is 12.7 Å². The molecule has 2 N–H and O–H groups in total. The number of nitrogen functional groups attached to an aromatic ring is 1. The molecular weight excluding hydrogens is 203 g/mol. The summed E-state index contributed by atoms with van der Waals surface area (Å²) in [5.74, 6) is -0.332. The van der Waals surface area contributed by atoms with E-state index in [0.29, 0.717) is 16.6 Å². The first kappa shape index (κ1) is 9.21. The fourth-order valence-electron chi connectivity index (χ4n) is 1.36. The van der Waals surface area contributed by atoms with Crippen LogP contribution in [0.15, 0.2) is 18.2 Å². The molecule has 0 aliphatic carbocycles. The molecule has 2 rings (SSSR count). The van der Waals surface area contributed by atoms with Crippen LogP contribution in [0.25, 0.3) is 10.9 Å². The van der Waals surface area contributed by atoms with E-state index in [1.165, 1.54) is 12.1 Å². The Morgan fingerprint density at radius 2 is 2.14 bits per heavy atom. The molecule has 0 fully saturated rings. The number of aromatic nitrogens is 1. The molecule has 0 saturated heterocycles. The molecule has 1 heterocycles. The maximum Gasteiger partial charge on any atom is 0.152 e. The number of aryl methyl sites for hydroxylation is 1. The van der Waals surface area contributed by atoms with Gasteiger partial charge in [0.2, 0.25) is 0 Å². The Labute approximate surface area is 85.5 Å². The second-order valence-electron chi connectivity index (χ2n) is 3.13. The molecule has 0 bridgehead atoms. The van der Waals surface area contributed by atoms with Gasteiger partial charge in [-0.15, -0.1) is 0 Å². The summed E-state index contributed by atoms with van der Waals surface area (Å²) in [6, 6.07) is 4.57. The molecular formula is C10H8ClFN2. The van der Waals surface area contributed by atoms with E-state index < -0.39 is 0 Å². The molecule has 2 aromatic rings. The maximum absolute atomic E-state index is 13.3. The van der Waals surface area contributed by atoms with Crippen molar-refractivity contribution in [2.45, 2.75) is 6.92 Å². The molecule has 4 heteroatoms. The molecule has 1 aromatic carbocycles. The smallest absolute Gasteiger partial charge is 0.152 e. The molecule has 0 atom stereocenters. The molecule has 0 amide bonds. The van der Waals surface area contributed by atoms with Gasteiger partial charge in [0.25, 0.3) is 0 Å². The fourth-order valence-corrected chi connectivity index (χ4v) is 1.49. The summed E-state index contributed by atoms with van der Waals surface area (Å²) in [5.41, 5.74) is 7.28. The summed E-state index contributed by atoms with van der Waals surface area (Å²) in [5, 5.41) is 0.623. The predicted molar refractivity (Wildman–Crippen MR) is 55.9 cm³/mol. The minimum absolute atomic E-state index is 0.214.